The molecule has 2 aliphatic heterocycles. The van der Waals surface area contributed by atoms with Crippen LogP contribution < -0.4 is 10.6 Å². The molecule has 0 amide bonds. The van der Waals surface area contributed by atoms with E-state index in [1.807, 2.05) is 31.2 Å². The zero-order chi connectivity index (χ0) is 16.8. The molecule has 7 heteroatoms. The van der Waals surface area contributed by atoms with E-state index in [4.69, 9.17) is 4.74 Å². The van der Waals surface area contributed by atoms with Crippen molar-refractivity contribution in [1.82, 2.24) is 0 Å². The van der Waals surface area contributed by atoms with Crippen LogP contribution >= 0.6 is 0 Å². The van der Waals surface area contributed by atoms with Gasteiger partial charge in [0.15, 0.2) is 6.10 Å². The highest BCUT2D eigenvalue weighted by Gasteiger charge is 2.39. The van der Waals surface area contributed by atoms with Gasteiger partial charge in [-0.25, -0.2) is 0 Å². The summed E-state index contributed by atoms with van der Waals surface area (Å²) in [5.41, 5.74) is 3.17. The maximum Gasteiger partial charge on any atom is 0.271 e. The molecular weight excluding hydrogens is 310 g/mol. The zero-order valence-corrected chi connectivity index (χ0v) is 12.7. The number of hydrogen-bond acceptors (Lipinski definition) is 6. The number of non-ortho nitro benzene ring substituents is 1. The minimum Gasteiger partial charge on any atom is -0.461 e. The number of carbonyl (C=O) groups is 1. The number of Topliss-reactive ketones (excluding diaryl/α,β-unsaturated/α-hetero) is 1. The van der Waals surface area contributed by atoms with Crippen LogP contribution in [0.3, 0.4) is 0 Å². The second-order valence-electron chi connectivity index (χ2n) is 5.66. The summed E-state index contributed by atoms with van der Waals surface area (Å²) in [4.78, 5) is 23.1. The van der Waals surface area contributed by atoms with Crippen LogP contribution in [-0.4, -0.2) is 10.7 Å². The number of ether oxygens (including phenoxy) is 1. The van der Waals surface area contributed by atoms with Gasteiger partial charge in [-0.2, -0.15) is 0 Å². The Kier molecular flexibility index (Phi) is 3.02. The maximum atomic E-state index is 12.7. The molecule has 1 unspecified atom stereocenters. The summed E-state index contributed by atoms with van der Waals surface area (Å²) in [5.74, 6) is 0.122. The molecule has 0 spiro atoms. The van der Waals surface area contributed by atoms with Gasteiger partial charge in [0.2, 0.25) is 11.7 Å². The number of benzene rings is 2. The average molecular weight is 323 g/mol. The van der Waals surface area contributed by atoms with Gasteiger partial charge in [-0.3, -0.25) is 14.9 Å². The third kappa shape index (κ3) is 2.10. The second kappa shape index (κ2) is 5.09. The summed E-state index contributed by atoms with van der Waals surface area (Å²) in [6.07, 6.45) is -0.722. The van der Waals surface area contributed by atoms with E-state index in [1.165, 1.54) is 12.1 Å². The molecule has 0 saturated carbocycles. The predicted molar refractivity (Wildman–Crippen MR) is 87.4 cm³/mol. The normalized spacial score (nSPS) is 18.2. The highest BCUT2D eigenvalue weighted by Crippen LogP contribution is 2.41. The molecule has 2 N–H and O–H groups in total. The fourth-order valence-electron chi connectivity index (χ4n) is 2.88. The van der Waals surface area contributed by atoms with E-state index in [1.54, 1.807) is 6.07 Å². The van der Waals surface area contributed by atoms with Gasteiger partial charge in [0, 0.05) is 17.7 Å². The van der Waals surface area contributed by atoms with Crippen molar-refractivity contribution in [2.24, 2.45) is 0 Å². The Balaban J connectivity index is 1.67. The van der Waals surface area contributed by atoms with Crippen LogP contribution in [-0.2, 0) is 9.53 Å². The van der Waals surface area contributed by atoms with Gasteiger partial charge in [-0.1, -0.05) is 24.3 Å². The van der Waals surface area contributed by atoms with Gasteiger partial charge in [-0.15, -0.1) is 0 Å². The number of anilines is 2. The predicted octanol–water partition coefficient (Wildman–Crippen LogP) is 3.25. The number of nitro groups is 1. The number of nitro benzene ring substituents is 1. The van der Waals surface area contributed by atoms with Gasteiger partial charge in [0.1, 0.15) is 5.70 Å². The Morgan fingerprint density at radius 3 is 2.67 bits per heavy atom. The molecule has 2 aromatic rings. The lowest BCUT2D eigenvalue weighted by Crippen LogP contribution is -2.18. The topological polar surface area (TPSA) is 93.5 Å². The van der Waals surface area contributed by atoms with Crippen molar-refractivity contribution in [3.8, 4) is 0 Å². The standard InChI is InChI=1S/C17H13N3O4/c1-9-4-2-3-5-11(9)16-15(21)14-17(24-16)19-13-8-10(20(22)23)6-7-12(13)18-14/h2-8,16,18-19H,1H3. The molecule has 0 radical (unpaired) electrons. The number of carbonyl (C=O) groups excluding carboxylic acids is 1. The third-order valence-corrected chi connectivity index (χ3v) is 4.14. The van der Waals surface area contributed by atoms with E-state index in [2.05, 4.69) is 10.6 Å². The lowest BCUT2D eigenvalue weighted by molar-refractivity contribution is -0.384. The maximum absolute atomic E-state index is 12.7. The van der Waals surface area contributed by atoms with E-state index >= 15 is 0 Å². The van der Waals surface area contributed by atoms with Crippen LogP contribution in [0.1, 0.15) is 17.2 Å². The largest absolute Gasteiger partial charge is 0.461 e. The van der Waals surface area contributed by atoms with E-state index in [0.29, 0.717) is 23.0 Å². The van der Waals surface area contributed by atoms with Crippen molar-refractivity contribution in [1.29, 1.82) is 0 Å². The molecule has 1 atom stereocenters. The molecule has 120 valence electrons. The minimum absolute atomic E-state index is 0.0353. The molecule has 7 nitrogen and oxygen atoms in total. The van der Waals surface area contributed by atoms with Crippen molar-refractivity contribution in [3.05, 3.63) is 75.3 Å². The fraction of sp³-hybridized carbons (Fsp3) is 0.118. The summed E-state index contributed by atoms with van der Waals surface area (Å²) in [7, 11) is 0. The van der Waals surface area contributed by atoms with Crippen LogP contribution in [0.2, 0.25) is 0 Å². The highest BCUT2D eigenvalue weighted by molar-refractivity contribution is 6.06. The molecule has 2 heterocycles. The third-order valence-electron chi connectivity index (χ3n) is 4.14. The number of ketones is 1. The molecule has 0 aliphatic carbocycles. The van der Waals surface area contributed by atoms with E-state index in [0.717, 1.165) is 11.1 Å². The molecule has 2 aromatic carbocycles. The zero-order valence-electron chi connectivity index (χ0n) is 12.7. The molecule has 0 saturated heterocycles. The Morgan fingerprint density at radius 1 is 1.12 bits per heavy atom. The number of fused-ring (bicyclic) bond motifs is 1. The van der Waals surface area contributed by atoms with E-state index < -0.39 is 11.0 Å². The molecule has 0 aromatic heterocycles. The average Bonchev–Trinajstić information content (AvgIpc) is 2.89. The van der Waals surface area contributed by atoms with Gasteiger partial charge in [0.25, 0.3) is 5.69 Å². The SMILES string of the molecule is Cc1ccccc1C1OC2=C(Nc3ccc([N+](=O)[O-])cc3N2)C1=O. The summed E-state index contributed by atoms with van der Waals surface area (Å²) < 4.78 is 5.79. The summed E-state index contributed by atoms with van der Waals surface area (Å²) in [6.45, 7) is 1.92. The van der Waals surface area contributed by atoms with Gasteiger partial charge in [-0.05, 0) is 18.6 Å². The van der Waals surface area contributed by atoms with Crippen molar-refractivity contribution in [2.75, 3.05) is 10.6 Å². The highest BCUT2D eigenvalue weighted by atomic mass is 16.6. The number of nitrogens with zero attached hydrogens (tertiary/aromatic N) is 1. The number of aryl methyl sites for hydroxylation is 1. The summed E-state index contributed by atoms with van der Waals surface area (Å²) >= 11 is 0. The molecular formula is C17H13N3O4. The monoisotopic (exact) mass is 323 g/mol. The Hall–Kier alpha value is -3.35. The van der Waals surface area contributed by atoms with Crippen LogP contribution in [0.15, 0.2) is 54.0 Å². The molecule has 4 rings (SSSR count). The number of rotatable bonds is 2. The molecule has 2 aliphatic rings. The lowest BCUT2D eigenvalue weighted by Gasteiger charge is -2.19. The quantitative estimate of drug-likeness (QED) is 0.651. The number of hydrogen-bond donors (Lipinski definition) is 2. The van der Waals surface area contributed by atoms with Gasteiger partial charge < -0.3 is 15.4 Å². The molecule has 0 fully saturated rings. The van der Waals surface area contributed by atoms with E-state index in [9.17, 15) is 14.9 Å². The first-order chi connectivity index (χ1) is 11.5. The van der Waals surface area contributed by atoms with Crippen LogP contribution in [0, 0.1) is 17.0 Å². The van der Waals surface area contributed by atoms with Crippen LogP contribution in [0.4, 0.5) is 17.1 Å². The lowest BCUT2D eigenvalue weighted by atomic mass is 10.00. The van der Waals surface area contributed by atoms with Crippen LogP contribution in [0.5, 0.6) is 0 Å². The second-order valence-corrected chi connectivity index (χ2v) is 5.66. The summed E-state index contributed by atoms with van der Waals surface area (Å²) in [6, 6.07) is 11.9. The van der Waals surface area contributed by atoms with Crippen molar-refractivity contribution < 1.29 is 14.5 Å². The van der Waals surface area contributed by atoms with Gasteiger partial charge >= 0.3 is 0 Å². The van der Waals surface area contributed by atoms with Crippen molar-refractivity contribution in [2.45, 2.75) is 13.0 Å². The van der Waals surface area contributed by atoms with Crippen molar-refractivity contribution in [3.63, 3.8) is 0 Å². The first kappa shape index (κ1) is 14.3. The summed E-state index contributed by atoms with van der Waals surface area (Å²) in [5, 5.41) is 16.9. The van der Waals surface area contributed by atoms with Gasteiger partial charge in [0.05, 0.1) is 16.3 Å². The van der Waals surface area contributed by atoms with Crippen LogP contribution in [0.25, 0.3) is 0 Å². The Bertz CT molecular complexity index is 920. The first-order valence-corrected chi connectivity index (χ1v) is 7.38. The minimum atomic E-state index is -0.722. The first-order valence-electron chi connectivity index (χ1n) is 7.38. The Labute approximate surface area is 137 Å². The molecule has 0 bridgehead atoms. The molecule has 24 heavy (non-hydrogen) atoms. The number of nitrogens with one attached hydrogen (secondary N) is 2. The van der Waals surface area contributed by atoms with E-state index in [-0.39, 0.29) is 11.5 Å². The Morgan fingerprint density at radius 2 is 1.92 bits per heavy atom. The van der Waals surface area contributed by atoms with Crippen molar-refractivity contribution >= 4 is 22.8 Å². The fourth-order valence-corrected chi connectivity index (χ4v) is 2.88. The smallest absolute Gasteiger partial charge is 0.271 e.